The predicted octanol–water partition coefficient (Wildman–Crippen LogP) is 5.00. The van der Waals surface area contributed by atoms with Crippen LogP contribution in [0.1, 0.15) is 23.5 Å². The molecule has 0 bridgehead atoms. The van der Waals surface area contributed by atoms with E-state index in [2.05, 4.69) is 52.7 Å². The summed E-state index contributed by atoms with van der Waals surface area (Å²) >= 11 is 3.40. The van der Waals surface area contributed by atoms with Crippen molar-refractivity contribution in [3.05, 3.63) is 69.9 Å². The molecule has 1 unspecified atom stereocenters. The molecule has 0 saturated carbocycles. The molecule has 2 heterocycles. The van der Waals surface area contributed by atoms with E-state index < -0.39 is 0 Å². The number of nitrogens with zero attached hydrogens (tertiary/aromatic N) is 3. The van der Waals surface area contributed by atoms with Crippen LogP contribution in [0.25, 0.3) is 10.1 Å². The third kappa shape index (κ3) is 3.57. The highest BCUT2D eigenvalue weighted by Gasteiger charge is 2.30. The monoisotopic (exact) mass is 413 g/mol. The number of fused-ring (bicyclic) bond motifs is 1. The van der Waals surface area contributed by atoms with Gasteiger partial charge in [0.25, 0.3) is 4.92 Å². The van der Waals surface area contributed by atoms with E-state index in [1.54, 1.807) is 29.2 Å². The Bertz CT molecular complexity index is 1000. The maximum absolute atomic E-state index is 11.9. The van der Waals surface area contributed by atoms with Crippen molar-refractivity contribution in [2.75, 3.05) is 13.7 Å². The molecule has 1 atom stereocenters. The zero-order chi connectivity index (χ0) is 19.5. The van der Waals surface area contributed by atoms with E-state index in [-0.39, 0.29) is 6.17 Å². The number of hydrazone groups is 1. The Balaban J connectivity index is 1.50. The molecule has 4 rings (SSSR count). The van der Waals surface area contributed by atoms with Crippen LogP contribution in [0, 0.1) is 4.91 Å². The molecule has 0 radical (unpaired) electrons. The minimum atomic E-state index is 0.0372. The molecule has 28 heavy (non-hydrogen) atoms. The Morgan fingerprint density at radius 3 is 2.82 bits per heavy atom. The van der Waals surface area contributed by atoms with Crippen LogP contribution in [0.5, 0.6) is 0 Å². The largest absolute Gasteiger partial charge is 0.324 e. The third-order valence-corrected chi connectivity index (χ3v) is 6.81. The van der Waals surface area contributed by atoms with Gasteiger partial charge in [-0.15, -0.1) is 11.3 Å². The van der Waals surface area contributed by atoms with Crippen molar-refractivity contribution in [2.45, 2.75) is 18.8 Å². The molecule has 8 heteroatoms. The number of benzene rings is 2. The van der Waals surface area contributed by atoms with Crippen molar-refractivity contribution >= 4 is 44.0 Å². The molecule has 3 aromatic rings. The number of thiophene rings is 1. The van der Waals surface area contributed by atoms with Gasteiger partial charge in [0.1, 0.15) is 0 Å². The summed E-state index contributed by atoms with van der Waals surface area (Å²) in [4.78, 5) is 20.8. The van der Waals surface area contributed by atoms with Crippen LogP contribution >= 0.6 is 23.1 Å². The summed E-state index contributed by atoms with van der Waals surface area (Å²) in [5, 5.41) is 6.75. The number of rotatable bonds is 6. The van der Waals surface area contributed by atoms with Gasteiger partial charge < -0.3 is 4.90 Å². The average Bonchev–Trinajstić information content (AvgIpc) is 3.35. The number of para-hydroxylation sites is 1. The standard InChI is InChI=1S/C20H21N4O2S2/c1-3-23-19(18-12-14-8-5-7-11-17(14)28-18)21-22-20(23)27-13-15-9-4-6-10-16(15)24(25)26-2/h4-12,19,21H,3,13H2,1-2H3/q+1. The van der Waals surface area contributed by atoms with Crippen molar-refractivity contribution in [3.8, 4) is 0 Å². The number of amidine groups is 1. The van der Waals surface area contributed by atoms with Crippen molar-refractivity contribution in [2.24, 2.45) is 5.10 Å². The quantitative estimate of drug-likeness (QED) is 0.576. The fourth-order valence-corrected chi connectivity index (χ4v) is 5.37. The number of hydrogen-bond acceptors (Lipinski definition) is 7. The second-order valence-electron chi connectivity index (χ2n) is 6.26. The molecule has 0 saturated heterocycles. The van der Waals surface area contributed by atoms with Gasteiger partial charge in [-0.1, -0.05) is 48.2 Å². The lowest BCUT2D eigenvalue weighted by Crippen LogP contribution is -2.31. The van der Waals surface area contributed by atoms with Gasteiger partial charge in [-0.2, -0.15) is 5.10 Å². The molecule has 0 fully saturated rings. The summed E-state index contributed by atoms with van der Waals surface area (Å²) in [6.07, 6.45) is 0.0372. The molecule has 1 aliphatic rings. The van der Waals surface area contributed by atoms with E-state index in [1.807, 2.05) is 18.2 Å². The van der Waals surface area contributed by atoms with Crippen molar-refractivity contribution < 1.29 is 9.76 Å². The predicted molar refractivity (Wildman–Crippen MR) is 116 cm³/mol. The molecule has 0 aliphatic carbocycles. The lowest BCUT2D eigenvalue weighted by atomic mass is 10.2. The Kier molecular flexibility index (Phi) is 5.50. The molecule has 1 N–H and O–H groups in total. The zero-order valence-electron chi connectivity index (χ0n) is 15.7. The van der Waals surface area contributed by atoms with Gasteiger partial charge in [-0.25, -0.2) is 4.84 Å². The average molecular weight is 414 g/mol. The zero-order valence-corrected chi connectivity index (χ0v) is 17.3. The number of thioether (sulfide) groups is 1. The SMILES string of the molecule is CCN1C(SCc2ccccc2[N+](=O)OC)=NNC1c1cc2ccccc2s1. The molecule has 1 aliphatic heterocycles. The highest BCUT2D eigenvalue weighted by Crippen LogP contribution is 2.35. The van der Waals surface area contributed by atoms with Crippen molar-refractivity contribution in [1.29, 1.82) is 0 Å². The van der Waals surface area contributed by atoms with Gasteiger partial charge in [-0.05, 0) is 24.4 Å². The van der Waals surface area contributed by atoms with Gasteiger partial charge in [0.05, 0.1) is 4.91 Å². The second kappa shape index (κ2) is 8.20. The van der Waals surface area contributed by atoms with E-state index in [0.717, 1.165) is 17.3 Å². The van der Waals surface area contributed by atoms with Crippen LogP contribution in [0.2, 0.25) is 0 Å². The Labute approximate surface area is 171 Å². The highest BCUT2D eigenvalue weighted by molar-refractivity contribution is 8.13. The topological polar surface area (TPSA) is 56.9 Å². The first-order valence-corrected chi connectivity index (χ1v) is 10.8. The van der Waals surface area contributed by atoms with Crippen molar-refractivity contribution in [3.63, 3.8) is 0 Å². The molecule has 2 aromatic carbocycles. The molecule has 1 aromatic heterocycles. The lowest BCUT2D eigenvalue weighted by molar-refractivity contribution is -0.737. The highest BCUT2D eigenvalue weighted by atomic mass is 32.2. The van der Waals surface area contributed by atoms with Crippen LogP contribution in [-0.4, -0.2) is 28.6 Å². The summed E-state index contributed by atoms with van der Waals surface area (Å²) < 4.78 is 1.28. The molecular weight excluding hydrogens is 392 g/mol. The third-order valence-electron chi connectivity index (χ3n) is 4.61. The number of hydrogen-bond donors (Lipinski definition) is 1. The fourth-order valence-electron chi connectivity index (χ4n) is 3.20. The van der Waals surface area contributed by atoms with Gasteiger partial charge in [0.15, 0.2) is 18.4 Å². The molecular formula is C20H21N4O2S2+. The van der Waals surface area contributed by atoms with Crippen molar-refractivity contribution in [1.82, 2.24) is 10.3 Å². The maximum atomic E-state index is 11.9. The van der Waals surface area contributed by atoms with E-state index >= 15 is 0 Å². The van der Waals surface area contributed by atoms with E-state index in [0.29, 0.717) is 16.4 Å². The van der Waals surface area contributed by atoms with Crippen LogP contribution in [-0.2, 0) is 10.6 Å². The van der Waals surface area contributed by atoms with Crippen LogP contribution in [0.4, 0.5) is 5.69 Å². The first kappa shape index (κ1) is 18.8. The van der Waals surface area contributed by atoms with Crippen LogP contribution < -0.4 is 5.43 Å². The Morgan fingerprint density at radius 2 is 2.04 bits per heavy atom. The smallest absolute Gasteiger partial charge is 0.320 e. The Morgan fingerprint density at radius 1 is 1.25 bits per heavy atom. The molecule has 0 spiro atoms. The fraction of sp³-hybridized carbons (Fsp3) is 0.250. The summed E-state index contributed by atoms with van der Waals surface area (Å²) in [5.74, 6) is 0.633. The van der Waals surface area contributed by atoms with Gasteiger partial charge >= 0.3 is 5.69 Å². The first-order chi connectivity index (χ1) is 13.7. The lowest BCUT2D eigenvalue weighted by Gasteiger charge is -2.24. The van der Waals surface area contributed by atoms with Gasteiger partial charge in [0, 0.05) is 33.5 Å². The second-order valence-corrected chi connectivity index (χ2v) is 8.31. The minimum Gasteiger partial charge on any atom is -0.324 e. The van der Waals surface area contributed by atoms with E-state index in [1.165, 1.54) is 22.1 Å². The Hall–Kier alpha value is -2.58. The maximum Gasteiger partial charge on any atom is 0.320 e. The molecule has 144 valence electrons. The minimum absolute atomic E-state index is 0.0372. The van der Waals surface area contributed by atoms with E-state index in [9.17, 15) is 4.91 Å². The van der Waals surface area contributed by atoms with Crippen LogP contribution in [0.3, 0.4) is 0 Å². The van der Waals surface area contributed by atoms with Gasteiger partial charge in [-0.3, -0.25) is 5.43 Å². The summed E-state index contributed by atoms with van der Waals surface area (Å²) in [5.41, 5.74) is 4.71. The normalized spacial score (nSPS) is 16.1. The van der Waals surface area contributed by atoms with Crippen LogP contribution in [0.15, 0.2) is 59.7 Å². The number of nitrogens with one attached hydrogen (secondary N) is 1. The summed E-state index contributed by atoms with van der Waals surface area (Å²) in [6.45, 7) is 2.97. The van der Waals surface area contributed by atoms with Gasteiger partial charge in [0.2, 0.25) is 0 Å². The summed E-state index contributed by atoms with van der Waals surface area (Å²) in [6, 6.07) is 18.1. The molecule has 0 amide bonds. The molecule has 6 nitrogen and oxygen atoms in total. The first-order valence-electron chi connectivity index (χ1n) is 9.01. The summed E-state index contributed by atoms with van der Waals surface area (Å²) in [7, 11) is 1.37. The van der Waals surface area contributed by atoms with E-state index in [4.69, 9.17) is 4.84 Å².